The summed E-state index contributed by atoms with van der Waals surface area (Å²) in [7, 11) is 0. The van der Waals surface area contributed by atoms with Gasteiger partial charge in [0.15, 0.2) is 17.5 Å². The van der Waals surface area contributed by atoms with Crippen LogP contribution in [0.25, 0.3) is 11.2 Å². The van der Waals surface area contributed by atoms with E-state index in [4.69, 9.17) is 5.73 Å². The quantitative estimate of drug-likeness (QED) is 0.565. The number of aromatic nitrogens is 4. The fraction of sp³-hybridized carbons (Fsp3) is 0.0769. The molecule has 3 aromatic rings. The van der Waals surface area contributed by atoms with Gasteiger partial charge in [-0.2, -0.15) is 9.97 Å². The van der Waals surface area contributed by atoms with Gasteiger partial charge in [0.1, 0.15) is 5.52 Å². The highest BCUT2D eigenvalue weighted by Gasteiger charge is 2.21. The summed E-state index contributed by atoms with van der Waals surface area (Å²) < 4.78 is 0. The molecule has 21 heavy (non-hydrogen) atoms. The Kier molecular flexibility index (Phi) is 3.11. The van der Waals surface area contributed by atoms with Crippen LogP contribution in [-0.2, 0) is 4.79 Å². The molecule has 1 aromatic carbocycles. The number of nitrogens with two attached hydrogens (primary N) is 1. The van der Waals surface area contributed by atoms with E-state index in [-0.39, 0.29) is 5.95 Å². The first kappa shape index (κ1) is 12.9. The molecule has 106 valence electrons. The van der Waals surface area contributed by atoms with Gasteiger partial charge < -0.3 is 21.1 Å². The SMILES string of the molecule is Nc1nc(N[C@H](C(=O)O)c2ccccc2)c2[nH]cnc2n1. The number of fused-ring (bicyclic) bond motifs is 1. The third-order valence-electron chi connectivity index (χ3n) is 2.96. The van der Waals surface area contributed by atoms with E-state index in [9.17, 15) is 9.90 Å². The van der Waals surface area contributed by atoms with Gasteiger partial charge in [0.05, 0.1) is 6.33 Å². The molecule has 2 aromatic heterocycles. The molecule has 3 rings (SSSR count). The lowest BCUT2D eigenvalue weighted by Gasteiger charge is -2.15. The first-order chi connectivity index (χ1) is 10.1. The van der Waals surface area contributed by atoms with Crippen LogP contribution in [0.1, 0.15) is 11.6 Å². The number of H-pyrrole nitrogens is 1. The van der Waals surface area contributed by atoms with E-state index in [0.717, 1.165) is 0 Å². The van der Waals surface area contributed by atoms with Crippen LogP contribution in [-0.4, -0.2) is 31.0 Å². The molecular weight excluding hydrogens is 272 g/mol. The Balaban J connectivity index is 2.02. The maximum atomic E-state index is 11.5. The number of hydrogen-bond donors (Lipinski definition) is 4. The van der Waals surface area contributed by atoms with Gasteiger partial charge in [-0.3, -0.25) is 0 Å². The normalized spacial score (nSPS) is 12.2. The monoisotopic (exact) mass is 284 g/mol. The molecule has 2 heterocycles. The van der Waals surface area contributed by atoms with Crippen LogP contribution >= 0.6 is 0 Å². The fourth-order valence-corrected chi connectivity index (χ4v) is 2.02. The summed E-state index contributed by atoms with van der Waals surface area (Å²) in [5.41, 5.74) is 7.10. The number of nitrogens with zero attached hydrogens (tertiary/aromatic N) is 3. The predicted molar refractivity (Wildman–Crippen MR) is 76.5 cm³/mol. The Hall–Kier alpha value is -3.16. The van der Waals surface area contributed by atoms with Crippen molar-refractivity contribution in [2.45, 2.75) is 6.04 Å². The van der Waals surface area contributed by atoms with Gasteiger partial charge in [-0.15, -0.1) is 0 Å². The number of aromatic amines is 1. The zero-order valence-corrected chi connectivity index (χ0v) is 10.8. The highest BCUT2D eigenvalue weighted by atomic mass is 16.4. The average Bonchev–Trinajstić information content (AvgIpc) is 2.93. The van der Waals surface area contributed by atoms with Crippen LogP contribution in [0.2, 0.25) is 0 Å². The van der Waals surface area contributed by atoms with Gasteiger partial charge in [-0.1, -0.05) is 30.3 Å². The lowest BCUT2D eigenvalue weighted by Crippen LogP contribution is -2.21. The van der Waals surface area contributed by atoms with Gasteiger partial charge in [0.25, 0.3) is 0 Å². The molecule has 0 saturated heterocycles. The smallest absolute Gasteiger partial charge is 0.330 e. The highest BCUT2D eigenvalue weighted by molar-refractivity contribution is 5.87. The first-order valence-electron chi connectivity index (χ1n) is 6.16. The van der Waals surface area contributed by atoms with Gasteiger partial charge in [0.2, 0.25) is 5.95 Å². The van der Waals surface area contributed by atoms with E-state index < -0.39 is 12.0 Å². The van der Waals surface area contributed by atoms with Gasteiger partial charge in [0, 0.05) is 0 Å². The number of benzene rings is 1. The molecule has 0 amide bonds. The zero-order chi connectivity index (χ0) is 14.8. The standard InChI is InChI=1S/C13H12N6O2/c14-13-18-10-9(15-6-16-10)11(19-13)17-8(12(20)21)7-4-2-1-3-5-7/h1-6,8H,(H,20,21)(H4,14,15,16,17,18,19)/t8-/m0/s1. The Morgan fingerprint density at radius 2 is 2.05 bits per heavy atom. The van der Waals surface area contributed by atoms with Crippen molar-refractivity contribution in [3.05, 3.63) is 42.2 Å². The summed E-state index contributed by atoms with van der Waals surface area (Å²) in [6, 6.07) is 7.85. The molecule has 8 nitrogen and oxygen atoms in total. The fourth-order valence-electron chi connectivity index (χ4n) is 2.02. The molecule has 0 unspecified atom stereocenters. The first-order valence-corrected chi connectivity index (χ1v) is 6.16. The summed E-state index contributed by atoms with van der Waals surface area (Å²) in [5.74, 6) is -0.702. The molecule has 0 aliphatic carbocycles. The lowest BCUT2D eigenvalue weighted by atomic mass is 10.1. The maximum absolute atomic E-state index is 11.5. The number of hydrogen-bond acceptors (Lipinski definition) is 6. The molecule has 0 radical (unpaired) electrons. The highest BCUT2D eigenvalue weighted by Crippen LogP contribution is 2.23. The van der Waals surface area contributed by atoms with Gasteiger partial charge in [-0.25, -0.2) is 9.78 Å². The number of anilines is 2. The number of carboxylic acid groups (broad SMARTS) is 1. The number of imidazole rings is 1. The van der Waals surface area contributed by atoms with Crippen LogP contribution < -0.4 is 11.1 Å². The number of nitrogens with one attached hydrogen (secondary N) is 2. The molecule has 0 fully saturated rings. The van der Waals surface area contributed by atoms with Crippen molar-refractivity contribution < 1.29 is 9.90 Å². The summed E-state index contributed by atoms with van der Waals surface area (Å²) in [6.45, 7) is 0. The van der Waals surface area contributed by atoms with Crippen LogP contribution in [0.15, 0.2) is 36.7 Å². The number of carboxylic acids is 1. The van der Waals surface area contributed by atoms with Crippen molar-refractivity contribution in [3.63, 3.8) is 0 Å². The molecule has 0 spiro atoms. The van der Waals surface area contributed by atoms with Crippen LogP contribution in [0.5, 0.6) is 0 Å². The second-order valence-corrected chi connectivity index (χ2v) is 4.36. The summed E-state index contributed by atoms with van der Waals surface area (Å²) in [4.78, 5) is 26.4. The lowest BCUT2D eigenvalue weighted by molar-refractivity contribution is -0.138. The van der Waals surface area contributed by atoms with Crippen molar-refractivity contribution in [1.82, 2.24) is 19.9 Å². The number of carbonyl (C=O) groups is 1. The minimum absolute atomic E-state index is 0.0225. The molecule has 0 saturated carbocycles. The van der Waals surface area contributed by atoms with E-state index in [1.54, 1.807) is 24.3 Å². The van der Waals surface area contributed by atoms with Crippen LogP contribution in [0, 0.1) is 0 Å². The van der Waals surface area contributed by atoms with E-state index in [0.29, 0.717) is 22.5 Å². The van der Waals surface area contributed by atoms with Crippen molar-refractivity contribution in [3.8, 4) is 0 Å². The predicted octanol–water partition coefficient (Wildman–Crippen LogP) is 1.17. The molecule has 5 N–H and O–H groups in total. The molecule has 0 aliphatic rings. The maximum Gasteiger partial charge on any atom is 0.330 e. The van der Waals surface area contributed by atoms with E-state index in [2.05, 4.69) is 25.3 Å². The van der Waals surface area contributed by atoms with E-state index in [1.807, 2.05) is 6.07 Å². The third-order valence-corrected chi connectivity index (χ3v) is 2.96. The second-order valence-electron chi connectivity index (χ2n) is 4.36. The molecule has 8 heteroatoms. The Morgan fingerprint density at radius 3 is 2.76 bits per heavy atom. The average molecular weight is 284 g/mol. The van der Waals surface area contributed by atoms with E-state index >= 15 is 0 Å². The van der Waals surface area contributed by atoms with Crippen molar-refractivity contribution in [1.29, 1.82) is 0 Å². The van der Waals surface area contributed by atoms with Crippen LogP contribution in [0.3, 0.4) is 0 Å². The Morgan fingerprint density at radius 1 is 1.29 bits per heavy atom. The molecule has 1 atom stereocenters. The van der Waals surface area contributed by atoms with Crippen LogP contribution in [0.4, 0.5) is 11.8 Å². The number of nitrogen functional groups attached to an aromatic ring is 1. The Labute approximate surface area is 119 Å². The largest absolute Gasteiger partial charge is 0.479 e. The minimum Gasteiger partial charge on any atom is -0.479 e. The summed E-state index contributed by atoms with van der Waals surface area (Å²) >= 11 is 0. The van der Waals surface area contributed by atoms with Gasteiger partial charge in [-0.05, 0) is 5.56 Å². The summed E-state index contributed by atoms with van der Waals surface area (Å²) in [6.07, 6.45) is 1.45. The van der Waals surface area contributed by atoms with Gasteiger partial charge >= 0.3 is 5.97 Å². The molecule has 0 bridgehead atoms. The van der Waals surface area contributed by atoms with Crippen molar-refractivity contribution in [2.24, 2.45) is 0 Å². The molecular formula is C13H12N6O2. The number of aliphatic carboxylic acids is 1. The van der Waals surface area contributed by atoms with Crippen molar-refractivity contribution in [2.75, 3.05) is 11.1 Å². The van der Waals surface area contributed by atoms with Crippen molar-refractivity contribution >= 4 is 28.9 Å². The zero-order valence-electron chi connectivity index (χ0n) is 10.8. The molecule has 0 aliphatic heterocycles. The number of rotatable bonds is 4. The van der Waals surface area contributed by atoms with E-state index in [1.165, 1.54) is 6.33 Å². The summed E-state index contributed by atoms with van der Waals surface area (Å²) in [5, 5.41) is 12.3. The third kappa shape index (κ3) is 2.46. The second kappa shape index (κ2) is 5.08. The minimum atomic E-state index is -1.02. The topological polar surface area (TPSA) is 130 Å². The Bertz CT molecular complexity index is 786.